The van der Waals surface area contributed by atoms with Crippen LogP contribution in [0.2, 0.25) is 0 Å². The van der Waals surface area contributed by atoms with Gasteiger partial charge in [-0.3, -0.25) is 0 Å². The van der Waals surface area contributed by atoms with Crippen LogP contribution in [0.15, 0.2) is 12.1 Å². The second kappa shape index (κ2) is 3.69. The molecule has 0 aliphatic rings. The van der Waals surface area contributed by atoms with Gasteiger partial charge >= 0.3 is 0 Å². The first kappa shape index (κ1) is 9.90. The Morgan fingerprint density at radius 3 is 2.23 bits per heavy atom. The molecule has 0 aromatic heterocycles. The number of anilines is 1. The highest BCUT2D eigenvalue weighted by molar-refractivity contribution is 5.56. The summed E-state index contributed by atoms with van der Waals surface area (Å²) in [7, 11) is 0. The molecule has 1 aromatic carbocycles. The molecule has 2 nitrogen and oxygen atoms in total. The van der Waals surface area contributed by atoms with Crippen molar-refractivity contribution in [1.29, 1.82) is 0 Å². The molecule has 0 fully saturated rings. The molecule has 0 aliphatic carbocycles. The van der Waals surface area contributed by atoms with E-state index in [0.29, 0.717) is 0 Å². The van der Waals surface area contributed by atoms with Crippen molar-refractivity contribution in [3.8, 4) is 5.75 Å². The number of ether oxygens (including phenoxy) is 1. The highest BCUT2D eigenvalue weighted by atomic mass is 16.5. The lowest BCUT2D eigenvalue weighted by Gasteiger charge is -2.13. The van der Waals surface area contributed by atoms with Crippen LogP contribution in [0.3, 0.4) is 0 Å². The molecule has 0 bridgehead atoms. The minimum absolute atomic E-state index is 0.171. The quantitative estimate of drug-likeness (QED) is 0.708. The first-order valence-electron chi connectivity index (χ1n) is 4.54. The predicted octanol–water partition coefficient (Wildman–Crippen LogP) is 2.67. The molecule has 2 heteroatoms. The molecule has 0 atom stereocenters. The molecule has 0 unspecified atom stereocenters. The Kier molecular flexibility index (Phi) is 2.81. The van der Waals surface area contributed by atoms with Crippen molar-refractivity contribution in [2.75, 3.05) is 5.73 Å². The van der Waals surface area contributed by atoms with E-state index >= 15 is 0 Å². The van der Waals surface area contributed by atoms with Gasteiger partial charge in [-0.25, -0.2) is 0 Å². The van der Waals surface area contributed by atoms with E-state index < -0.39 is 0 Å². The molecule has 0 heterocycles. The number of nitrogen functional groups attached to an aromatic ring is 1. The van der Waals surface area contributed by atoms with Crippen LogP contribution in [0.4, 0.5) is 5.69 Å². The van der Waals surface area contributed by atoms with E-state index in [1.54, 1.807) is 0 Å². The minimum atomic E-state index is 0.171. The molecular weight excluding hydrogens is 162 g/mol. The summed E-state index contributed by atoms with van der Waals surface area (Å²) in [6.45, 7) is 8.09. The van der Waals surface area contributed by atoms with Gasteiger partial charge in [0.05, 0.1) is 11.8 Å². The van der Waals surface area contributed by atoms with Crippen LogP contribution in [-0.2, 0) is 0 Å². The van der Waals surface area contributed by atoms with Crippen molar-refractivity contribution in [3.63, 3.8) is 0 Å². The summed E-state index contributed by atoms with van der Waals surface area (Å²) in [5, 5.41) is 0. The van der Waals surface area contributed by atoms with E-state index in [-0.39, 0.29) is 6.10 Å². The Hall–Kier alpha value is -1.18. The molecule has 0 spiro atoms. The average Bonchev–Trinajstić information content (AvgIpc) is 1.99. The normalized spacial score (nSPS) is 10.5. The molecule has 2 N–H and O–H groups in total. The molecule has 72 valence electrons. The van der Waals surface area contributed by atoms with Crippen LogP contribution < -0.4 is 10.5 Å². The average molecular weight is 179 g/mol. The SMILES string of the molecule is Cc1cc(N)c(OC(C)C)cc1C. The second-order valence-electron chi connectivity index (χ2n) is 3.64. The van der Waals surface area contributed by atoms with Crippen molar-refractivity contribution in [3.05, 3.63) is 23.3 Å². The monoisotopic (exact) mass is 179 g/mol. The summed E-state index contributed by atoms with van der Waals surface area (Å²) >= 11 is 0. The van der Waals surface area contributed by atoms with Gasteiger partial charge in [-0.05, 0) is 51.0 Å². The smallest absolute Gasteiger partial charge is 0.142 e. The molecule has 1 rings (SSSR count). The Bertz CT molecular complexity index is 305. The van der Waals surface area contributed by atoms with Crippen molar-refractivity contribution >= 4 is 5.69 Å². The lowest BCUT2D eigenvalue weighted by Crippen LogP contribution is -2.07. The van der Waals surface area contributed by atoms with Gasteiger partial charge in [-0.2, -0.15) is 0 Å². The van der Waals surface area contributed by atoms with Gasteiger partial charge in [-0.1, -0.05) is 0 Å². The molecule has 0 saturated heterocycles. The maximum Gasteiger partial charge on any atom is 0.142 e. The van der Waals surface area contributed by atoms with Gasteiger partial charge < -0.3 is 10.5 Å². The molecule has 0 radical (unpaired) electrons. The fraction of sp³-hybridized carbons (Fsp3) is 0.455. The molecule has 0 saturated carbocycles. The summed E-state index contributed by atoms with van der Waals surface area (Å²) in [6, 6.07) is 3.94. The third-order valence-corrected chi connectivity index (χ3v) is 1.99. The maximum atomic E-state index is 5.81. The van der Waals surface area contributed by atoms with Crippen LogP contribution in [0.1, 0.15) is 25.0 Å². The van der Waals surface area contributed by atoms with Crippen molar-refractivity contribution in [1.82, 2.24) is 0 Å². The van der Waals surface area contributed by atoms with Crippen LogP contribution in [-0.4, -0.2) is 6.10 Å². The Morgan fingerprint density at radius 1 is 1.15 bits per heavy atom. The Morgan fingerprint density at radius 2 is 1.69 bits per heavy atom. The number of hydrogen-bond donors (Lipinski definition) is 1. The van der Waals surface area contributed by atoms with E-state index in [2.05, 4.69) is 6.92 Å². The Balaban J connectivity index is 3.01. The largest absolute Gasteiger partial charge is 0.489 e. The topological polar surface area (TPSA) is 35.2 Å². The van der Waals surface area contributed by atoms with Crippen LogP contribution >= 0.6 is 0 Å². The number of nitrogens with two attached hydrogens (primary N) is 1. The summed E-state index contributed by atoms with van der Waals surface area (Å²) in [5.41, 5.74) is 8.95. The van der Waals surface area contributed by atoms with Crippen molar-refractivity contribution < 1.29 is 4.74 Å². The second-order valence-corrected chi connectivity index (χ2v) is 3.64. The summed E-state index contributed by atoms with van der Waals surface area (Å²) < 4.78 is 5.56. The number of rotatable bonds is 2. The van der Waals surface area contributed by atoms with Crippen LogP contribution in [0, 0.1) is 13.8 Å². The first-order chi connectivity index (χ1) is 6.00. The standard InChI is InChI=1S/C11H17NO/c1-7(2)13-11-6-9(4)8(3)5-10(11)12/h5-7H,12H2,1-4H3. The van der Waals surface area contributed by atoms with E-state index in [4.69, 9.17) is 10.5 Å². The Labute approximate surface area is 79.7 Å². The molecule has 13 heavy (non-hydrogen) atoms. The molecule has 1 aromatic rings. The minimum Gasteiger partial charge on any atom is -0.489 e. The third kappa shape index (κ3) is 2.38. The van der Waals surface area contributed by atoms with Gasteiger partial charge in [0.2, 0.25) is 0 Å². The van der Waals surface area contributed by atoms with Gasteiger partial charge in [0, 0.05) is 0 Å². The highest BCUT2D eigenvalue weighted by Crippen LogP contribution is 2.26. The number of hydrogen-bond acceptors (Lipinski definition) is 2. The van der Waals surface area contributed by atoms with Gasteiger partial charge in [0.25, 0.3) is 0 Å². The lowest BCUT2D eigenvalue weighted by molar-refractivity contribution is 0.243. The van der Waals surface area contributed by atoms with E-state index in [9.17, 15) is 0 Å². The van der Waals surface area contributed by atoms with Gasteiger partial charge in [0.15, 0.2) is 0 Å². The van der Waals surface area contributed by atoms with Crippen LogP contribution in [0.25, 0.3) is 0 Å². The fourth-order valence-corrected chi connectivity index (χ4v) is 1.17. The summed E-state index contributed by atoms with van der Waals surface area (Å²) in [4.78, 5) is 0. The molecule has 0 aliphatic heterocycles. The highest BCUT2D eigenvalue weighted by Gasteiger charge is 2.04. The number of aryl methyl sites for hydroxylation is 2. The fourth-order valence-electron chi connectivity index (χ4n) is 1.17. The van der Waals surface area contributed by atoms with E-state index in [0.717, 1.165) is 11.4 Å². The van der Waals surface area contributed by atoms with E-state index in [1.807, 2.05) is 32.9 Å². The maximum absolute atomic E-state index is 5.81. The zero-order valence-corrected chi connectivity index (χ0v) is 8.72. The lowest BCUT2D eigenvalue weighted by atomic mass is 10.1. The summed E-state index contributed by atoms with van der Waals surface area (Å²) in [5.74, 6) is 0.790. The van der Waals surface area contributed by atoms with Gasteiger partial charge in [0.1, 0.15) is 5.75 Å². The summed E-state index contributed by atoms with van der Waals surface area (Å²) in [6.07, 6.45) is 0.171. The predicted molar refractivity (Wildman–Crippen MR) is 56.1 cm³/mol. The third-order valence-electron chi connectivity index (χ3n) is 1.99. The van der Waals surface area contributed by atoms with Crippen molar-refractivity contribution in [2.24, 2.45) is 0 Å². The number of benzene rings is 1. The van der Waals surface area contributed by atoms with Crippen LogP contribution in [0.5, 0.6) is 5.75 Å². The zero-order chi connectivity index (χ0) is 10.0. The van der Waals surface area contributed by atoms with E-state index in [1.165, 1.54) is 11.1 Å². The first-order valence-corrected chi connectivity index (χ1v) is 4.54. The molecule has 0 amide bonds. The zero-order valence-electron chi connectivity index (χ0n) is 8.72. The van der Waals surface area contributed by atoms with Gasteiger partial charge in [-0.15, -0.1) is 0 Å². The molecular formula is C11H17NO. The van der Waals surface area contributed by atoms with Crippen molar-refractivity contribution in [2.45, 2.75) is 33.8 Å².